The standard InChI is InChI=1S/C28H32N8O3/c1-4-23(37)35-12-14-36(15-13-35)26-20-9-10-29-27(39-25-18(2)7-8-22-21(25)16-30-33-22)24(20)31-28(32-26)38-17-19-6-5-11-34(19)3/h4,7-10,16,19H,1,5-6,11-15,17H2,2-3H3,(H,30,33)/t19-/m1/s1. The Morgan fingerprint density at radius 2 is 2.00 bits per heavy atom. The van der Waals surface area contributed by atoms with Crippen LogP contribution in [-0.4, -0.2) is 93.3 Å². The first-order valence-electron chi connectivity index (χ1n) is 13.3. The predicted octanol–water partition coefficient (Wildman–Crippen LogP) is 3.31. The molecule has 1 amide bonds. The van der Waals surface area contributed by atoms with Crippen molar-refractivity contribution in [2.24, 2.45) is 0 Å². The van der Waals surface area contributed by atoms with Crippen molar-refractivity contribution in [1.29, 1.82) is 0 Å². The third-order valence-electron chi connectivity index (χ3n) is 7.65. The summed E-state index contributed by atoms with van der Waals surface area (Å²) < 4.78 is 12.6. The second kappa shape index (κ2) is 10.5. The molecule has 0 unspecified atom stereocenters. The summed E-state index contributed by atoms with van der Waals surface area (Å²) in [5.74, 6) is 1.73. The lowest BCUT2D eigenvalue weighted by atomic mass is 10.1. The van der Waals surface area contributed by atoms with E-state index in [4.69, 9.17) is 19.4 Å². The van der Waals surface area contributed by atoms with Crippen molar-refractivity contribution in [2.45, 2.75) is 25.8 Å². The molecule has 11 nitrogen and oxygen atoms in total. The molecule has 1 atom stereocenters. The van der Waals surface area contributed by atoms with Gasteiger partial charge in [0.05, 0.1) is 22.5 Å². The number of carbonyl (C=O) groups is 1. The van der Waals surface area contributed by atoms with Gasteiger partial charge in [0.2, 0.25) is 11.8 Å². The molecule has 2 fully saturated rings. The van der Waals surface area contributed by atoms with Gasteiger partial charge in [0, 0.05) is 38.4 Å². The van der Waals surface area contributed by atoms with Gasteiger partial charge in [0.15, 0.2) is 0 Å². The number of benzene rings is 1. The van der Waals surface area contributed by atoms with Crippen LogP contribution >= 0.6 is 0 Å². The Labute approximate surface area is 226 Å². The number of likely N-dealkylation sites (N-methyl/N-ethyl adjacent to an activating group) is 1. The minimum absolute atomic E-state index is 0.0596. The number of hydrogen-bond donors (Lipinski definition) is 1. The normalized spacial score (nSPS) is 18.2. The molecule has 6 rings (SSSR count). The van der Waals surface area contributed by atoms with E-state index in [9.17, 15) is 4.79 Å². The molecule has 202 valence electrons. The molecular formula is C28H32N8O3. The van der Waals surface area contributed by atoms with Crippen LogP contribution in [0.3, 0.4) is 0 Å². The van der Waals surface area contributed by atoms with Gasteiger partial charge in [-0.1, -0.05) is 12.6 Å². The molecule has 0 aliphatic carbocycles. The largest absolute Gasteiger partial charge is 0.462 e. The smallest absolute Gasteiger partial charge is 0.319 e. The molecule has 3 aromatic heterocycles. The Bertz CT molecular complexity index is 1530. The van der Waals surface area contributed by atoms with E-state index in [2.05, 4.69) is 38.6 Å². The van der Waals surface area contributed by atoms with Crippen LogP contribution in [-0.2, 0) is 4.79 Å². The number of aromatic amines is 1. The van der Waals surface area contributed by atoms with Gasteiger partial charge in [0.1, 0.15) is 23.7 Å². The summed E-state index contributed by atoms with van der Waals surface area (Å²) in [6, 6.07) is 6.48. The van der Waals surface area contributed by atoms with Gasteiger partial charge in [-0.2, -0.15) is 15.1 Å². The Kier molecular flexibility index (Phi) is 6.74. The SMILES string of the molecule is C=CC(=O)N1CCN(c2nc(OC[C@H]3CCCN3C)nc3c(Oc4c(C)ccc5[nH]ncc45)nccc23)CC1. The number of amides is 1. The number of likely N-dealkylation sites (tertiary alicyclic amines) is 1. The zero-order valence-corrected chi connectivity index (χ0v) is 22.3. The Hall–Kier alpha value is -4.25. The monoisotopic (exact) mass is 528 g/mol. The number of ether oxygens (including phenoxy) is 2. The number of H-pyrrole nitrogens is 1. The van der Waals surface area contributed by atoms with E-state index >= 15 is 0 Å². The summed E-state index contributed by atoms with van der Waals surface area (Å²) in [6.45, 7) is 9.59. The van der Waals surface area contributed by atoms with Crippen LogP contribution in [0.25, 0.3) is 21.8 Å². The van der Waals surface area contributed by atoms with Crippen LogP contribution in [0.5, 0.6) is 17.6 Å². The fourth-order valence-electron chi connectivity index (χ4n) is 5.34. The lowest BCUT2D eigenvalue weighted by molar-refractivity contribution is -0.126. The Morgan fingerprint density at radius 3 is 2.77 bits per heavy atom. The Balaban J connectivity index is 1.38. The van der Waals surface area contributed by atoms with Crippen molar-refractivity contribution in [3.05, 3.63) is 48.8 Å². The number of rotatable bonds is 7. The highest BCUT2D eigenvalue weighted by atomic mass is 16.5. The number of anilines is 1. The van der Waals surface area contributed by atoms with Crippen LogP contribution in [0, 0.1) is 6.92 Å². The maximum Gasteiger partial charge on any atom is 0.319 e. The van der Waals surface area contributed by atoms with E-state index in [1.54, 1.807) is 17.3 Å². The lowest BCUT2D eigenvalue weighted by Gasteiger charge is -2.35. The number of aryl methyl sites for hydroxylation is 1. The zero-order valence-electron chi connectivity index (χ0n) is 22.3. The van der Waals surface area contributed by atoms with E-state index in [-0.39, 0.29) is 5.91 Å². The molecule has 0 radical (unpaired) electrons. The number of piperazine rings is 1. The van der Waals surface area contributed by atoms with Crippen molar-refractivity contribution in [3.8, 4) is 17.6 Å². The van der Waals surface area contributed by atoms with Gasteiger partial charge in [-0.05, 0) is 57.1 Å². The van der Waals surface area contributed by atoms with Crippen molar-refractivity contribution in [1.82, 2.24) is 34.9 Å². The van der Waals surface area contributed by atoms with Crippen LogP contribution < -0.4 is 14.4 Å². The summed E-state index contributed by atoms with van der Waals surface area (Å²) in [4.78, 5) is 32.6. The third-order valence-corrected chi connectivity index (χ3v) is 7.65. The second-order valence-corrected chi connectivity index (χ2v) is 10.1. The molecule has 1 aromatic carbocycles. The molecule has 4 aromatic rings. The molecule has 0 saturated carbocycles. The summed E-state index contributed by atoms with van der Waals surface area (Å²) in [6.07, 6.45) is 7.06. The van der Waals surface area contributed by atoms with Gasteiger partial charge < -0.3 is 24.2 Å². The van der Waals surface area contributed by atoms with Crippen LogP contribution in [0.2, 0.25) is 0 Å². The minimum atomic E-state index is -0.0596. The van der Waals surface area contributed by atoms with E-state index in [0.29, 0.717) is 62.0 Å². The van der Waals surface area contributed by atoms with Crippen LogP contribution in [0.4, 0.5) is 5.82 Å². The number of aromatic nitrogens is 5. The number of nitrogens with zero attached hydrogens (tertiary/aromatic N) is 7. The van der Waals surface area contributed by atoms with Crippen LogP contribution in [0.15, 0.2) is 43.2 Å². The van der Waals surface area contributed by atoms with Crippen molar-refractivity contribution < 1.29 is 14.3 Å². The highest BCUT2D eigenvalue weighted by Crippen LogP contribution is 2.37. The molecule has 39 heavy (non-hydrogen) atoms. The van der Waals surface area contributed by atoms with Crippen molar-refractivity contribution in [3.63, 3.8) is 0 Å². The average molecular weight is 529 g/mol. The molecule has 11 heteroatoms. The maximum absolute atomic E-state index is 12.1. The summed E-state index contributed by atoms with van der Waals surface area (Å²) in [5, 5.41) is 8.85. The fraction of sp³-hybridized carbons (Fsp3) is 0.393. The van der Waals surface area contributed by atoms with Gasteiger partial charge in [-0.25, -0.2) is 4.98 Å². The van der Waals surface area contributed by atoms with Gasteiger partial charge in [0.25, 0.3) is 0 Å². The maximum atomic E-state index is 12.1. The average Bonchev–Trinajstić information content (AvgIpc) is 3.61. The highest BCUT2D eigenvalue weighted by molar-refractivity contribution is 5.94. The summed E-state index contributed by atoms with van der Waals surface area (Å²) >= 11 is 0. The van der Waals surface area contributed by atoms with Crippen molar-refractivity contribution >= 4 is 33.5 Å². The molecule has 0 bridgehead atoms. The number of pyridine rings is 1. The van der Waals surface area contributed by atoms with Crippen molar-refractivity contribution in [2.75, 3.05) is 51.3 Å². The minimum Gasteiger partial charge on any atom is -0.462 e. The molecule has 1 N–H and O–H groups in total. The van der Waals surface area contributed by atoms with E-state index in [0.717, 1.165) is 47.1 Å². The summed E-state index contributed by atoms with van der Waals surface area (Å²) in [5.41, 5.74) is 2.41. The van der Waals surface area contributed by atoms with Crippen LogP contribution in [0.1, 0.15) is 18.4 Å². The molecule has 2 saturated heterocycles. The first-order valence-corrected chi connectivity index (χ1v) is 13.3. The van der Waals surface area contributed by atoms with Gasteiger partial charge >= 0.3 is 6.01 Å². The number of fused-ring (bicyclic) bond motifs is 2. The van der Waals surface area contributed by atoms with E-state index in [1.165, 1.54) is 6.08 Å². The number of carbonyl (C=O) groups excluding carboxylic acids is 1. The van der Waals surface area contributed by atoms with Gasteiger partial charge in [-0.3, -0.25) is 9.89 Å². The topological polar surface area (TPSA) is 113 Å². The Morgan fingerprint density at radius 1 is 1.15 bits per heavy atom. The molecule has 2 aliphatic heterocycles. The van der Waals surface area contributed by atoms with Gasteiger partial charge in [-0.15, -0.1) is 0 Å². The van der Waals surface area contributed by atoms with E-state index in [1.807, 2.05) is 25.1 Å². The molecule has 0 spiro atoms. The number of hydrogen-bond acceptors (Lipinski definition) is 9. The summed E-state index contributed by atoms with van der Waals surface area (Å²) in [7, 11) is 2.12. The fourth-order valence-corrected chi connectivity index (χ4v) is 5.34. The first-order chi connectivity index (χ1) is 19.0. The predicted molar refractivity (Wildman–Crippen MR) is 148 cm³/mol. The highest BCUT2D eigenvalue weighted by Gasteiger charge is 2.26. The molecule has 2 aliphatic rings. The number of nitrogens with one attached hydrogen (secondary N) is 1. The van der Waals surface area contributed by atoms with E-state index < -0.39 is 0 Å². The lowest BCUT2D eigenvalue weighted by Crippen LogP contribution is -2.48. The molecule has 5 heterocycles. The third kappa shape index (κ3) is 4.85. The zero-order chi connectivity index (χ0) is 26.9. The first kappa shape index (κ1) is 25.1. The quantitative estimate of drug-likeness (QED) is 0.361. The second-order valence-electron chi connectivity index (χ2n) is 10.1. The molecular weight excluding hydrogens is 496 g/mol.